The molecule has 6 rings (SSSR count). The van der Waals surface area contributed by atoms with Gasteiger partial charge in [-0.15, -0.1) is 5.10 Å². The van der Waals surface area contributed by atoms with E-state index in [0.29, 0.717) is 19.1 Å². The normalized spacial score (nSPS) is 27.3. The molecule has 1 fully saturated rings. The summed E-state index contributed by atoms with van der Waals surface area (Å²) in [5.41, 5.74) is 1.84. The first-order valence-electron chi connectivity index (χ1n) is 11.2. The fourth-order valence-corrected chi connectivity index (χ4v) is 5.48. The molecule has 9 heteroatoms. The van der Waals surface area contributed by atoms with Crippen LogP contribution in [0.2, 0.25) is 0 Å². The molecule has 0 saturated heterocycles. The number of aromatic nitrogens is 6. The van der Waals surface area contributed by atoms with Gasteiger partial charge in [-0.1, -0.05) is 19.8 Å². The van der Waals surface area contributed by atoms with Gasteiger partial charge in [-0.05, 0) is 47.7 Å². The van der Waals surface area contributed by atoms with Gasteiger partial charge in [-0.2, -0.15) is 4.68 Å². The summed E-state index contributed by atoms with van der Waals surface area (Å²) < 4.78 is 15.6. The summed E-state index contributed by atoms with van der Waals surface area (Å²) in [7, 11) is 0. The van der Waals surface area contributed by atoms with Crippen molar-refractivity contribution in [3.63, 3.8) is 0 Å². The van der Waals surface area contributed by atoms with Gasteiger partial charge >= 0.3 is 0 Å². The van der Waals surface area contributed by atoms with E-state index in [2.05, 4.69) is 37.3 Å². The van der Waals surface area contributed by atoms with Crippen LogP contribution in [0.1, 0.15) is 56.6 Å². The molecule has 3 aliphatic rings. The molecule has 1 aliphatic carbocycles. The second kappa shape index (κ2) is 7.33. The number of benzene rings is 1. The lowest BCUT2D eigenvalue weighted by molar-refractivity contribution is 0.155. The minimum Gasteiger partial charge on any atom is -0.486 e. The summed E-state index contributed by atoms with van der Waals surface area (Å²) >= 11 is 0. The van der Waals surface area contributed by atoms with Crippen molar-refractivity contribution in [2.75, 3.05) is 13.2 Å². The average Bonchev–Trinajstić information content (AvgIpc) is 3.52. The van der Waals surface area contributed by atoms with Gasteiger partial charge in [0.1, 0.15) is 13.2 Å². The molecule has 2 aromatic heterocycles. The minimum atomic E-state index is -0.293. The van der Waals surface area contributed by atoms with Crippen LogP contribution < -0.4 is 14.8 Å². The zero-order valence-electron chi connectivity index (χ0n) is 17.7. The quantitative estimate of drug-likeness (QED) is 0.692. The molecule has 0 spiro atoms. The van der Waals surface area contributed by atoms with Crippen molar-refractivity contribution in [1.29, 1.82) is 0 Å². The Morgan fingerprint density at radius 3 is 2.97 bits per heavy atom. The van der Waals surface area contributed by atoms with Crippen molar-refractivity contribution in [3.05, 3.63) is 42.2 Å². The predicted octanol–water partition coefficient (Wildman–Crippen LogP) is 2.77. The molecule has 4 heterocycles. The predicted molar refractivity (Wildman–Crippen MR) is 112 cm³/mol. The van der Waals surface area contributed by atoms with Gasteiger partial charge in [-0.25, -0.2) is 4.98 Å². The number of rotatable bonds is 4. The molecule has 0 bridgehead atoms. The molecule has 1 saturated carbocycles. The molecule has 2 unspecified atom stereocenters. The Balaban J connectivity index is 1.40. The van der Waals surface area contributed by atoms with Crippen LogP contribution in [0.3, 0.4) is 0 Å². The van der Waals surface area contributed by atoms with E-state index in [-0.39, 0.29) is 11.6 Å². The maximum Gasteiger partial charge on any atom is 0.176 e. The molecule has 31 heavy (non-hydrogen) atoms. The monoisotopic (exact) mass is 421 g/mol. The molecular formula is C22H27N7O2. The maximum atomic E-state index is 5.80. The Morgan fingerprint density at radius 1 is 1.16 bits per heavy atom. The van der Waals surface area contributed by atoms with Crippen molar-refractivity contribution >= 4 is 0 Å². The van der Waals surface area contributed by atoms with Crippen molar-refractivity contribution in [2.24, 2.45) is 5.92 Å². The number of tetrazole rings is 1. The number of aryl methyl sites for hydroxylation is 1. The van der Waals surface area contributed by atoms with E-state index >= 15 is 0 Å². The summed E-state index contributed by atoms with van der Waals surface area (Å²) in [5.74, 6) is 2.97. The molecule has 162 valence electrons. The van der Waals surface area contributed by atoms with Gasteiger partial charge in [0.05, 0.1) is 29.3 Å². The number of ether oxygens (including phenoxy) is 2. The number of hydrogen-bond acceptors (Lipinski definition) is 7. The molecule has 1 N–H and O–H groups in total. The average molecular weight is 422 g/mol. The standard InChI is InChI=1S/C22H27N7O2/c1-15-3-2-7-22(12-15,24-17-6-8-28-14-23-13-18(17)28)21-25-26-27-29(21)16-4-5-19-20(11-16)31-10-9-30-19/h4-5,11,13-15,17,24H,2-3,6-10,12H2,1H3/t15-,17?,22?/m1/s1. The third kappa shape index (κ3) is 3.18. The lowest BCUT2D eigenvalue weighted by Crippen LogP contribution is -2.49. The van der Waals surface area contributed by atoms with Crippen molar-refractivity contribution < 1.29 is 9.47 Å². The zero-order valence-corrected chi connectivity index (χ0v) is 17.7. The van der Waals surface area contributed by atoms with Crippen LogP contribution in [0.4, 0.5) is 0 Å². The van der Waals surface area contributed by atoms with Gasteiger partial charge in [0.25, 0.3) is 0 Å². The van der Waals surface area contributed by atoms with E-state index in [9.17, 15) is 0 Å². The van der Waals surface area contributed by atoms with Gasteiger partial charge in [0.15, 0.2) is 17.3 Å². The Kier molecular flexibility index (Phi) is 4.45. The highest BCUT2D eigenvalue weighted by Crippen LogP contribution is 2.43. The van der Waals surface area contributed by atoms with Crippen LogP contribution in [0.25, 0.3) is 5.69 Å². The summed E-state index contributed by atoms with van der Waals surface area (Å²) in [5, 5.41) is 17.1. The summed E-state index contributed by atoms with van der Waals surface area (Å²) in [6.07, 6.45) is 9.35. The lowest BCUT2D eigenvalue weighted by atomic mass is 9.75. The molecule has 0 radical (unpaired) electrons. The number of imidazole rings is 1. The highest BCUT2D eigenvalue weighted by molar-refractivity contribution is 5.49. The zero-order chi connectivity index (χ0) is 20.8. The highest BCUT2D eigenvalue weighted by atomic mass is 16.6. The topological polar surface area (TPSA) is 91.9 Å². The number of nitrogens with zero attached hydrogens (tertiary/aromatic N) is 6. The number of fused-ring (bicyclic) bond motifs is 2. The molecule has 0 amide bonds. The largest absolute Gasteiger partial charge is 0.486 e. The summed E-state index contributed by atoms with van der Waals surface area (Å²) in [6, 6.07) is 6.16. The Labute approximate surface area is 180 Å². The third-order valence-corrected chi connectivity index (χ3v) is 6.88. The van der Waals surface area contributed by atoms with E-state index in [1.54, 1.807) is 0 Å². The van der Waals surface area contributed by atoms with Crippen molar-refractivity contribution in [1.82, 2.24) is 35.1 Å². The van der Waals surface area contributed by atoms with Crippen molar-refractivity contribution in [2.45, 2.75) is 57.2 Å². The Bertz CT molecular complexity index is 1090. The molecule has 3 atom stereocenters. The lowest BCUT2D eigenvalue weighted by Gasteiger charge is -2.41. The summed E-state index contributed by atoms with van der Waals surface area (Å²) in [4.78, 5) is 4.35. The van der Waals surface area contributed by atoms with Gasteiger partial charge in [0.2, 0.25) is 0 Å². The summed E-state index contributed by atoms with van der Waals surface area (Å²) in [6.45, 7) is 4.45. The Morgan fingerprint density at radius 2 is 2.06 bits per heavy atom. The second-order valence-electron chi connectivity index (χ2n) is 9.02. The molecule has 1 aromatic carbocycles. The van der Waals surface area contributed by atoms with Crippen molar-refractivity contribution in [3.8, 4) is 17.2 Å². The highest BCUT2D eigenvalue weighted by Gasteiger charge is 2.44. The number of nitrogens with one attached hydrogen (secondary N) is 1. The fourth-order valence-electron chi connectivity index (χ4n) is 5.48. The minimum absolute atomic E-state index is 0.248. The van der Waals surface area contributed by atoms with E-state index < -0.39 is 0 Å². The first-order chi connectivity index (χ1) is 15.2. The molecule has 2 aliphatic heterocycles. The molecule has 3 aromatic rings. The first-order valence-corrected chi connectivity index (χ1v) is 11.2. The van der Waals surface area contributed by atoms with Gasteiger partial charge < -0.3 is 14.0 Å². The van der Waals surface area contributed by atoms with Crippen LogP contribution in [-0.4, -0.2) is 43.0 Å². The van der Waals surface area contributed by atoms with Crippen LogP contribution in [0, 0.1) is 5.92 Å². The SMILES string of the molecule is C[C@@H]1CCCC(NC2CCn3cncc32)(c2nnnn2-c2ccc3c(c2)OCCO3)C1. The fraction of sp³-hybridized carbons (Fsp3) is 0.545. The second-order valence-corrected chi connectivity index (χ2v) is 9.02. The van der Waals surface area contributed by atoms with Gasteiger partial charge in [0, 0.05) is 18.8 Å². The van der Waals surface area contributed by atoms with E-state index in [0.717, 1.165) is 55.2 Å². The van der Waals surface area contributed by atoms with Gasteiger partial charge in [-0.3, -0.25) is 5.32 Å². The first kappa shape index (κ1) is 18.8. The third-order valence-electron chi connectivity index (χ3n) is 6.88. The van der Waals surface area contributed by atoms with Crippen LogP contribution >= 0.6 is 0 Å². The van der Waals surface area contributed by atoms with Crippen LogP contribution in [0.5, 0.6) is 11.5 Å². The molecular weight excluding hydrogens is 394 g/mol. The Hall–Kier alpha value is -2.94. The maximum absolute atomic E-state index is 5.80. The smallest absolute Gasteiger partial charge is 0.176 e. The van der Waals surface area contributed by atoms with E-state index in [1.165, 1.54) is 12.1 Å². The van der Waals surface area contributed by atoms with E-state index in [4.69, 9.17) is 9.47 Å². The number of hydrogen-bond donors (Lipinski definition) is 1. The van der Waals surface area contributed by atoms with E-state index in [1.807, 2.05) is 35.4 Å². The van der Waals surface area contributed by atoms with Crippen LogP contribution in [-0.2, 0) is 12.1 Å². The van der Waals surface area contributed by atoms with Crippen LogP contribution in [0.15, 0.2) is 30.7 Å². The molecule has 9 nitrogen and oxygen atoms in total.